The maximum absolute atomic E-state index is 3.52. The fourth-order valence-corrected chi connectivity index (χ4v) is 2.86. The minimum atomic E-state index is 0.836. The first-order chi connectivity index (χ1) is 8.72. The zero-order valence-electron chi connectivity index (χ0n) is 9.58. The number of anilines is 1. The van der Waals surface area contributed by atoms with Gasteiger partial charge in [-0.2, -0.15) is 0 Å². The first kappa shape index (κ1) is 12.0. The number of hydrogen-bond donors (Lipinski definition) is 1. The second-order valence-electron chi connectivity index (χ2n) is 4.26. The maximum atomic E-state index is 3.52. The van der Waals surface area contributed by atoms with Crippen molar-refractivity contribution in [3.63, 3.8) is 0 Å². The molecule has 1 nitrogen and oxygen atoms in total. The van der Waals surface area contributed by atoms with Crippen LogP contribution in [0.2, 0.25) is 0 Å². The van der Waals surface area contributed by atoms with Crippen LogP contribution < -0.4 is 5.32 Å². The minimum absolute atomic E-state index is 0.836. The van der Waals surface area contributed by atoms with Crippen LogP contribution in [-0.4, -0.2) is 0 Å². The van der Waals surface area contributed by atoms with Gasteiger partial charge in [-0.1, -0.05) is 56.1 Å². The summed E-state index contributed by atoms with van der Waals surface area (Å²) in [4.78, 5) is 0. The van der Waals surface area contributed by atoms with Crippen molar-refractivity contribution in [2.75, 3.05) is 5.32 Å². The number of fused-ring (bicyclic) bond motifs is 2. The van der Waals surface area contributed by atoms with Gasteiger partial charge in [-0.3, -0.25) is 0 Å². The summed E-state index contributed by atoms with van der Waals surface area (Å²) in [5, 5.41) is 3.49. The molecule has 2 aromatic rings. The Morgan fingerprint density at radius 2 is 1.50 bits per heavy atom. The van der Waals surface area contributed by atoms with Crippen LogP contribution >= 0.6 is 31.9 Å². The summed E-state index contributed by atoms with van der Waals surface area (Å²) in [6, 6.07) is 12.7. The fourth-order valence-electron chi connectivity index (χ4n) is 2.09. The van der Waals surface area contributed by atoms with Gasteiger partial charge in [0.1, 0.15) is 0 Å². The van der Waals surface area contributed by atoms with E-state index in [2.05, 4.69) is 85.7 Å². The second-order valence-corrected chi connectivity index (χ2v) is 6.09. The molecule has 0 bridgehead atoms. The topological polar surface area (TPSA) is 12.0 Å². The molecule has 90 valence electrons. The molecule has 1 aliphatic heterocycles. The van der Waals surface area contributed by atoms with Gasteiger partial charge in [-0.25, -0.2) is 0 Å². The lowest BCUT2D eigenvalue weighted by Crippen LogP contribution is -2.04. The Morgan fingerprint density at radius 1 is 0.833 bits per heavy atom. The van der Waals surface area contributed by atoms with E-state index in [1.165, 1.54) is 16.7 Å². The van der Waals surface area contributed by atoms with Gasteiger partial charge < -0.3 is 5.32 Å². The van der Waals surface area contributed by atoms with Crippen molar-refractivity contribution in [1.82, 2.24) is 0 Å². The summed E-state index contributed by atoms with van der Waals surface area (Å²) in [7, 11) is 0. The van der Waals surface area contributed by atoms with Gasteiger partial charge in [0, 0.05) is 21.2 Å². The van der Waals surface area contributed by atoms with E-state index in [1.807, 2.05) is 0 Å². The first-order valence-electron chi connectivity index (χ1n) is 5.72. The predicted molar refractivity (Wildman–Crippen MR) is 84.5 cm³/mol. The Morgan fingerprint density at radius 3 is 2.33 bits per heavy atom. The number of benzene rings is 2. The third kappa shape index (κ3) is 2.38. The molecule has 1 aliphatic rings. The molecular weight excluding hydrogens is 354 g/mol. The summed E-state index contributed by atoms with van der Waals surface area (Å²) in [6.45, 7) is 0.836. The van der Waals surface area contributed by atoms with Crippen LogP contribution in [0.1, 0.15) is 16.7 Å². The average Bonchev–Trinajstić information content (AvgIpc) is 2.34. The number of rotatable bonds is 0. The Hall–Kier alpha value is -1.06. The fraction of sp³-hybridized carbons (Fsp3) is 0.0667. The molecule has 3 rings (SSSR count). The van der Waals surface area contributed by atoms with E-state index in [9.17, 15) is 0 Å². The van der Waals surface area contributed by atoms with Gasteiger partial charge in [0.25, 0.3) is 0 Å². The van der Waals surface area contributed by atoms with Crippen molar-refractivity contribution >= 4 is 49.7 Å². The summed E-state index contributed by atoms with van der Waals surface area (Å²) in [5.74, 6) is 0. The predicted octanol–water partition coefficient (Wildman–Crippen LogP) is 5.31. The van der Waals surface area contributed by atoms with Crippen molar-refractivity contribution in [2.24, 2.45) is 0 Å². The third-order valence-electron chi connectivity index (χ3n) is 3.03. The molecule has 0 saturated carbocycles. The molecule has 0 spiro atoms. The molecule has 18 heavy (non-hydrogen) atoms. The summed E-state index contributed by atoms with van der Waals surface area (Å²) in [5.41, 5.74) is 4.93. The second kappa shape index (κ2) is 4.90. The highest BCUT2D eigenvalue weighted by Crippen LogP contribution is 2.28. The Kier molecular flexibility index (Phi) is 3.27. The van der Waals surface area contributed by atoms with Crippen molar-refractivity contribution in [1.29, 1.82) is 0 Å². The molecular formula is C15H11Br2N. The molecule has 0 aliphatic carbocycles. The van der Waals surface area contributed by atoms with Gasteiger partial charge in [-0.15, -0.1) is 0 Å². The van der Waals surface area contributed by atoms with E-state index in [1.54, 1.807) is 0 Å². The molecule has 2 aromatic carbocycles. The van der Waals surface area contributed by atoms with Gasteiger partial charge in [0.05, 0.1) is 0 Å². The van der Waals surface area contributed by atoms with Crippen LogP contribution in [0.3, 0.4) is 0 Å². The van der Waals surface area contributed by atoms with Crippen LogP contribution in [0.15, 0.2) is 45.3 Å². The van der Waals surface area contributed by atoms with Gasteiger partial charge in [0.15, 0.2) is 0 Å². The van der Waals surface area contributed by atoms with E-state index in [0.29, 0.717) is 0 Å². The molecule has 0 atom stereocenters. The van der Waals surface area contributed by atoms with Crippen LogP contribution in [0, 0.1) is 0 Å². The molecule has 3 heteroatoms. The van der Waals surface area contributed by atoms with Crippen molar-refractivity contribution in [3.05, 3.63) is 62.0 Å². The Bertz CT molecular complexity index is 577. The lowest BCUT2D eigenvalue weighted by Gasteiger charge is -2.15. The average molecular weight is 365 g/mol. The molecule has 1 heterocycles. The summed E-state index contributed by atoms with van der Waals surface area (Å²) < 4.78 is 2.21. The van der Waals surface area contributed by atoms with Crippen LogP contribution in [-0.2, 0) is 6.54 Å². The minimum Gasteiger partial charge on any atom is -0.380 e. The number of halogens is 2. The lowest BCUT2D eigenvalue weighted by molar-refractivity contribution is 1.13. The molecule has 0 amide bonds. The molecule has 0 saturated heterocycles. The number of hydrogen-bond acceptors (Lipinski definition) is 1. The molecule has 0 fully saturated rings. The molecule has 0 unspecified atom stereocenters. The van der Waals surface area contributed by atoms with Crippen LogP contribution in [0.4, 0.5) is 5.69 Å². The maximum Gasteiger partial charge on any atom is 0.0427 e. The SMILES string of the molecule is Brc1ccc2c(c1)CNc1cc(Br)ccc1/C=C\2. The highest BCUT2D eigenvalue weighted by atomic mass is 79.9. The largest absolute Gasteiger partial charge is 0.380 e. The van der Waals surface area contributed by atoms with E-state index in [0.717, 1.165) is 21.2 Å². The van der Waals surface area contributed by atoms with Crippen LogP contribution in [0.5, 0.6) is 0 Å². The first-order valence-corrected chi connectivity index (χ1v) is 7.31. The molecule has 0 aromatic heterocycles. The van der Waals surface area contributed by atoms with Gasteiger partial charge >= 0.3 is 0 Å². The third-order valence-corrected chi connectivity index (χ3v) is 4.02. The van der Waals surface area contributed by atoms with Crippen molar-refractivity contribution in [2.45, 2.75) is 6.54 Å². The molecule has 1 N–H and O–H groups in total. The van der Waals surface area contributed by atoms with Crippen molar-refractivity contribution < 1.29 is 0 Å². The zero-order valence-corrected chi connectivity index (χ0v) is 12.8. The normalized spacial score (nSPS) is 14.8. The van der Waals surface area contributed by atoms with E-state index < -0.39 is 0 Å². The van der Waals surface area contributed by atoms with Gasteiger partial charge in [0.2, 0.25) is 0 Å². The highest BCUT2D eigenvalue weighted by Gasteiger charge is 2.07. The van der Waals surface area contributed by atoms with Crippen molar-refractivity contribution in [3.8, 4) is 0 Å². The summed E-state index contributed by atoms with van der Waals surface area (Å²) >= 11 is 7.03. The standard InChI is InChI=1S/C15H11Br2N/c16-13-5-3-10-1-2-11-4-6-14(17)8-15(11)18-9-12(10)7-13/h1-8,18H,9H2/b2-1-. The summed E-state index contributed by atoms with van der Waals surface area (Å²) in [6.07, 6.45) is 4.33. The van der Waals surface area contributed by atoms with E-state index >= 15 is 0 Å². The number of nitrogens with one attached hydrogen (secondary N) is 1. The Balaban J connectivity index is 2.08. The smallest absolute Gasteiger partial charge is 0.0427 e. The molecule has 0 radical (unpaired) electrons. The van der Waals surface area contributed by atoms with E-state index in [4.69, 9.17) is 0 Å². The quantitative estimate of drug-likeness (QED) is 0.668. The monoisotopic (exact) mass is 363 g/mol. The van der Waals surface area contributed by atoms with E-state index in [-0.39, 0.29) is 0 Å². The lowest BCUT2D eigenvalue weighted by atomic mass is 10.0. The van der Waals surface area contributed by atoms with Crippen LogP contribution in [0.25, 0.3) is 12.2 Å². The zero-order chi connectivity index (χ0) is 12.5. The Labute approximate surface area is 123 Å². The van der Waals surface area contributed by atoms with Gasteiger partial charge in [-0.05, 0) is 41.0 Å². The highest BCUT2D eigenvalue weighted by molar-refractivity contribution is 9.10.